The van der Waals surface area contributed by atoms with Crippen LogP contribution in [0.1, 0.15) is 34.1 Å². The fraction of sp³-hybridized carbons (Fsp3) is 0.333. The van der Waals surface area contributed by atoms with E-state index in [0.29, 0.717) is 10.6 Å². The molecule has 0 aromatic carbocycles. The molecule has 0 atom stereocenters. The van der Waals surface area contributed by atoms with Crippen LogP contribution in [0.15, 0.2) is 21.9 Å². The van der Waals surface area contributed by atoms with Crippen LogP contribution in [0.5, 0.6) is 0 Å². The van der Waals surface area contributed by atoms with Crippen molar-refractivity contribution in [3.8, 4) is 0 Å². The molecule has 0 bridgehead atoms. The van der Waals surface area contributed by atoms with Crippen LogP contribution in [0.3, 0.4) is 0 Å². The Balaban J connectivity index is 2.35. The van der Waals surface area contributed by atoms with Gasteiger partial charge in [-0.05, 0) is 32.4 Å². The molecule has 0 aliphatic heterocycles. The van der Waals surface area contributed by atoms with Crippen molar-refractivity contribution >= 4 is 38.7 Å². The summed E-state index contributed by atoms with van der Waals surface area (Å²) in [5.74, 6) is -1.13. The molecule has 6 nitrogen and oxygen atoms in total. The lowest BCUT2D eigenvalue weighted by atomic mass is 10.1. The van der Waals surface area contributed by atoms with Gasteiger partial charge in [-0.15, -0.1) is 22.7 Å². The molecule has 0 radical (unpaired) electrons. The van der Waals surface area contributed by atoms with Gasteiger partial charge in [0.2, 0.25) is 0 Å². The third-order valence-electron chi connectivity index (χ3n) is 2.71. The van der Waals surface area contributed by atoms with E-state index in [-0.39, 0.29) is 9.09 Å². The van der Waals surface area contributed by atoms with E-state index in [9.17, 15) is 13.2 Å². The SMILES string of the molecule is Cc1cc(S(=O)(=O)NC(C)(C)c2nccs2)sc1C(=O)O. The van der Waals surface area contributed by atoms with E-state index in [1.165, 1.54) is 17.4 Å². The largest absolute Gasteiger partial charge is 0.477 e. The molecule has 2 N–H and O–H groups in total. The first-order valence-electron chi connectivity index (χ1n) is 5.91. The fourth-order valence-corrected chi connectivity index (χ4v) is 5.30. The maximum absolute atomic E-state index is 12.4. The summed E-state index contributed by atoms with van der Waals surface area (Å²) >= 11 is 2.10. The molecule has 0 unspecified atom stereocenters. The van der Waals surface area contributed by atoms with E-state index in [0.717, 1.165) is 11.3 Å². The number of carboxylic acid groups (broad SMARTS) is 1. The highest BCUT2D eigenvalue weighted by Crippen LogP contribution is 2.29. The van der Waals surface area contributed by atoms with E-state index in [1.54, 1.807) is 32.3 Å². The van der Waals surface area contributed by atoms with Crippen LogP contribution in [0.2, 0.25) is 0 Å². The van der Waals surface area contributed by atoms with Crippen molar-refractivity contribution in [2.24, 2.45) is 0 Å². The molecule has 9 heteroatoms. The first-order valence-corrected chi connectivity index (χ1v) is 9.09. The molecule has 0 aliphatic rings. The summed E-state index contributed by atoms with van der Waals surface area (Å²) < 4.78 is 27.4. The van der Waals surface area contributed by atoms with Gasteiger partial charge in [-0.3, -0.25) is 0 Å². The molecule has 0 amide bonds. The normalized spacial score (nSPS) is 12.5. The summed E-state index contributed by atoms with van der Waals surface area (Å²) in [6.45, 7) is 4.99. The molecule has 21 heavy (non-hydrogen) atoms. The highest BCUT2D eigenvalue weighted by molar-refractivity contribution is 7.91. The van der Waals surface area contributed by atoms with Gasteiger partial charge in [-0.25, -0.2) is 18.2 Å². The topological polar surface area (TPSA) is 96.4 Å². The molecule has 2 aromatic rings. The van der Waals surface area contributed by atoms with Crippen LogP contribution in [-0.2, 0) is 15.6 Å². The van der Waals surface area contributed by atoms with E-state index in [2.05, 4.69) is 9.71 Å². The number of carbonyl (C=O) groups is 1. The quantitative estimate of drug-likeness (QED) is 0.867. The molecular formula is C12H14N2O4S3. The van der Waals surface area contributed by atoms with Gasteiger partial charge in [0, 0.05) is 11.6 Å². The summed E-state index contributed by atoms with van der Waals surface area (Å²) in [5, 5.41) is 11.4. The number of rotatable bonds is 5. The Kier molecular flexibility index (Phi) is 4.20. The maximum Gasteiger partial charge on any atom is 0.346 e. The van der Waals surface area contributed by atoms with Gasteiger partial charge in [0.1, 0.15) is 14.1 Å². The number of thiophene rings is 1. The molecule has 2 aromatic heterocycles. The predicted octanol–water partition coefficient (Wildman–Crippen LogP) is 2.42. The second-order valence-corrected chi connectivity index (χ2v) is 8.81. The van der Waals surface area contributed by atoms with E-state index >= 15 is 0 Å². The molecule has 0 aliphatic carbocycles. The molecule has 0 saturated heterocycles. The van der Waals surface area contributed by atoms with E-state index in [1.807, 2.05) is 0 Å². The minimum atomic E-state index is -3.81. The number of aromatic nitrogens is 1. The van der Waals surface area contributed by atoms with Crippen molar-refractivity contribution in [2.75, 3.05) is 0 Å². The Bertz CT molecular complexity index is 761. The minimum absolute atomic E-state index is 0.0120. The smallest absolute Gasteiger partial charge is 0.346 e. The minimum Gasteiger partial charge on any atom is -0.477 e. The fourth-order valence-electron chi connectivity index (χ4n) is 1.76. The number of nitrogens with one attached hydrogen (secondary N) is 1. The van der Waals surface area contributed by atoms with E-state index in [4.69, 9.17) is 5.11 Å². The number of aryl methyl sites for hydroxylation is 1. The first kappa shape index (κ1) is 16.1. The number of hydrogen-bond donors (Lipinski definition) is 2. The number of sulfonamides is 1. The Morgan fingerprint density at radius 3 is 2.57 bits per heavy atom. The maximum atomic E-state index is 12.4. The molecule has 2 heterocycles. The van der Waals surface area contributed by atoms with Crippen molar-refractivity contribution in [1.29, 1.82) is 0 Å². The third kappa shape index (κ3) is 3.31. The zero-order valence-corrected chi connectivity index (χ0v) is 14.0. The Labute approximate surface area is 130 Å². The Hall–Kier alpha value is -1.29. The second-order valence-electron chi connectivity index (χ2n) is 4.95. The van der Waals surface area contributed by atoms with Crippen molar-refractivity contribution in [2.45, 2.75) is 30.5 Å². The summed E-state index contributed by atoms with van der Waals surface area (Å²) in [6, 6.07) is 1.37. The van der Waals surface area contributed by atoms with Crippen LogP contribution >= 0.6 is 22.7 Å². The lowest BCUT2D eigenvalue weighted by molar-refractivity contribution is 0.0701. The van der Waals surface area contributed by atoms with Gasteiger partial charge in [-0.1, -0.05) is 0 Å². The van der Waals surface area contributed by atoms with Crippen LogP contribution < -0.4 is 4.72 Å². The van der Waals surface area contributed by atoms with E-state index < -0.39 is 21.5 Å². The number of thiazole rings is 1. The van der Waals surface area contributed by atoms with Crippen molar-refractivity contribution in [3.63, 3.8) is 0 Å². The summed E-state index contributed by atoms with van der Waals surface area (Å²) in [5.41, 5.74) is -0.436. The van der Waals surface area contributed by atoms with Crippen molar-refractivity contribution in [3.05, 3.63) is 33.1 Å². The zero-order chi connectivity index (χ0) is 15.8. The second kappa shape index (κ2) is 5.48. The molecule has 2 rings (SSSR count). The monoisotopic (exact) mass is 346 g/mol. The standard InChI is InChI=1S/C12H14N2O4S3/c1-7-6-8(20-9(7)10(15)16)21(17,18)14-12(2,3)11-13-4-5-19-11/h4-6,14H,1-3H3,(H,15,16). The van der Waals surface area contributed by atoms with Gasteiger partial charge in [0.05, 0.1) is 5.54 Å². The predicted molar refractivity (Wildman–Crippen MR) is 81.5 cm³/mol. The molecule has 0 spiro atoms. The number of hydrogen-bond acceptors (Lipinski definition) is 6. The third-order valence-corrected chi connectivity index (χ3v) is 7.16. The lowest BCUT2D eigenvalue weighted by Gasteiger charge is -2.22. The number of nitrogens with zero attached hydrogens (tertiary/aromatic N) is 1. The van der Waals surface area contributed by atoms with Gasteiger partial charge >= 0.3 is 5.97 Å². The van der Waals surface area contributed by atoms with Gasteiger partial charge < -0.3 is 5.11 Å². The van der Waals surface area contributed by atoms with Gasteiger partial charge in [0.25, 0.3) is 10.0 Å². The number of carboxylic acids is 1. The average molecular weight is 346 g/mol. The number of aromatic carboxylic acids is 1. The van der Waals surface area contributed by atoms with Crippen LogP contribution in [0, 0.1) is 6.92 Å². The lowest BCUT2D eigenvalue weighted by Crippen LogP contribution is -2.40. The summed E-state index contributed by atoms with van der Waals surface area (Å²) in [4.78, 5) is 15.2. The highest BCUT2D eigenvalue weighted by Gasteiger charge is 2.31. The van der Waals surface area contributed by atoms with Gasteiger partial charge in [-0.2, -0.15) is 4.72 Å². The summed E-state index contributed by atoms with van der Waals surface area (Å²) in [7, 11) is -3.81. The Morgan fingerprint density at radius 1 is 1.43 bits per heavy atom. The summed E-state index contributed by atoms with van der Waals surface area (Å²) in [6.07, 6.45) is 1.61. The van der Waals surface area contributed by atoms with Crippen LogP contribution in [0.25, 0.3) is 0 Å². The highest BCUT2D eigenvalue weighted by atomic mass is 32.2. The zero-order valence-electron chi connectivity index (χ0n) is 11.6. The molecule has 114 valence electrons. The van der Waals surface area contributed by atoms with Crippen LogP contribution in [-0.4, -0.2) is 24.5 Å². The average Bonchev–Trinajstić information content (AvgIpc) is 2.95. The molecular weight excluding hydrogens is 332 g/mol. The molecule has 0 fully saturated rings. The van der Waals surface area contributed by atoms with Gasteiger partial charge in [0.15, 0.2) is 0 Å². The van der Waals surface area contributed by atoms with Crippen molar-refractivity contribution < 1.29 is 18.3 Å². The van der Waals surface area contributed by atoms with Crippen LogP contribution in [0.4, 0.5) is 0 Å². The Morgan fingerprint density at radius 2 is 2.10 bits per heavy atom. The first-order chi connectivity index (χ1) is 9.63. The molecule has 0 saturated carbocycles. The van der Waals surface area contributed by atoms with Crippen molar-refractivity contribution in [1.82, 2.24) is 9.71 Å².